The molecule has 0 spiro atoms. The summed E-state index contributed by atoms with van der Waals surface area (Å²) < 4.78 is 0. The zero-order valence-electron chi connectivity index (χ0n) is 6.72. The fourth-order valence-corrected chi connectivity index (χ4v) is 0.791. The maximum atomic E-state index is 10.4. The van der Waals surface area contributed by atoms with Crippen LogP contribution >= 0.6 is 0 Å². The van der Waals surface area contributed by atoms with Crippen LogP contribution in [0.5, 0.6) is 0 Å². The minimum Gasteiger partial charge on any atom is -0.548 e. The van der Waals surface area contributed by atoms with Gasteiger partial charge in [-0.05, 0) is 6.42 Å². The summed E-state index contributed by atoms with van der Waals surface area (Å²) in [6.07, 6.45) is 0.666. The number of amides is 1. The van der Waals surface area contributed by atoms with Gasteiger partial charge < -0.3 is 15.2 Å². The van der Waals surface area contributed by atoms with Gasteiger partial charge in [-0.3, -0.25) is 4.79 Å². The Kier molecular flexibility index (Phi) is 8.49. The number of nitrogens with one attached hydrogen (secondary N) is 1. The van der Waals surface area contributed by atoms with Crippen molar-refractivity contribution in [3.05, 3.63) is 0 Å². The van der Waals surface area contributed by atoms with Crippen molar-refractivity contribution in [2.75, 3.05) is 0 Å². The Morgan fingerprint density at radius 2 is 2.18 bits per heavy atom. The minimum absolute atomic E-state index is 0. The third-order valence-electron chi connectivity index (χ3n) is 1.28. The van der Waals surface area contributed by atoms with Crippen LogP contribution in [0.4, 0.5) is 0 Å². The molecule has 11 heavy (non-hydrogen) atoms. The number of hydrogen-bond acceptors (Lipinski definition) is 3. The van der Waals surface area contributed by atoms with Crippen LogP contribution in [0, 0.1) is 0 Å². The van der Waals surface area contributed by atoms with Crippen molar-refractivity contribution in [2.45, 2.75) is 18.9 Å². The molecule has 0 aromatic carbocycles. The number of carbonyl (C=O) groups is 2. The van der Waals surface area contributed by atoms with Gasteiger partial charge >= 0.3 is 29.6 Å². The van der Waals surface area contributed by atoms with Crippen LogP contribution in [0.2, 0.25) is 0 Å². The molecule has 1 saturated heterocycles. The fraction of sp³-hybridized carbons (Fsp3) is 0.600. The molecule has 1 rings (SSSR count). The van der Waals surface area contributed by atoms with Crippen molar-refractivity contribution in [1.29, 1.82) is 0 Å². The Hall–Kier alpha value is 0.940. The van der Waals surface area contributed by atoms with Crippen LogP contribution in [0.1, 0.15) is 12.8 Å². The number of rotatable bonds is 1. The molecule has 0 saturated carbocycles. The zero-order chi connectivity index (χ0) is 6.85. The molecule has 1 aliphatic rings. The van der Waals surface area contributed by atoms with E-state index in [4.69, 9.17) is 0 Å². The second-order valence-corrected chi connectivity index (χ2v) is 1.98. The molecular formula is C5H6NNa2O3. The number of hydrogen-bond donors (Lipinski definition) is 1. The summed E-state index contributed by atoms with van der Waals surface area (Å²) in [5.41, 5.74) is 0. The average Bonchev–Trinajstić information content (AvgIpc) is 2.14. The first-order chi connectivity index (χ1) is 4.20. The standard InChI is InChI=1S/C5H7NO3.2Na/c7-4-2-1-3(6-4)5(8)9;;/h3H,1-2H2,(H,6,7)(H,8,9);;/q;;+1/p-1. The first kappa shape index (κ1) is 14.5. The molecule has 51 valence electrons. The van der Waals surface area contributed by atoms with Gasteiger partial charge in [0, 0.05) is 36.0 Å². The van der Waals surface area contributed by atoms with Crippen LogP contribution in [0.15, 0.2) is 0 Å². The van der Waals surface area contributed by atoms with Crippen molar-refractivity contribution in [2.24, 2.45) is 0 Å². The van der Waals surface area contributed by atoms with Gasteiger partial charge in [0.05, 0.1) is 12.0 Å². The molecule has 0 bridgehead atoms. The van der Waals surface area contributed by atoms with Gasteiger partial charge in [0.1, 0.15) is 0 Å². The maximum Gasteiger partial charge on any atom is 1.00 e. The molecule has 1 radical (unpaired) electrons. The largest absolute Gasteiger partial charge is 1.00 e. The SMILES string of the molecule is O=C1CCC(C(=O)[O-])N1.[Na+].[Na]. The Bertz CT molecular complexity index is 162. The van der Waals surface area contributed by atoms with Crippen LogP contribution in [-0.2, 0) is 9.59 Å². The normalized spacial score (nSPS) is 21.1. The monoisotopic (exact) mass is 174 g/mol. The predicted molar refractivity (Wildman–Crippen MR) is 31.9 cm³/mol. The molecule has 0 aromatic heterocycles. The Morgan fingerprint density at radius 1 is 1.64 bits per heavy atom. The van der Waals surface area contributed by atoms with Crippen molar-refractivity contribution >= 4 is 41.4 Å². The molecule has 1 amide bonds. The van der Waals surface area contributed by atoms with E-state index >= 15 is 0 Å². The average molecular weight is 174 g/mol. The number of carbonyl (C=O) groups excluding carboxylic acids is 2. The smallest absolute Gasteiger partial charge is 0.548 e. The third-order valence-corrected chi connectivity index (χ3v) is 1.28. The van der Waals surface area contributed by atoms with Gasteiger partial charge in [0.15, 0.2) is 0 Å². The van der Waals surface area contributed by atoms with E-state index < -0.39 is 12.0 Å². The van der Waals surface area contributed by atoms with E-state index in [1.807, 2.05) is 0 Å². The van der Waals surface area contributed by atoms with Crippen molar-refractivity contribution in [1.82, 2.24) is 5.32 Å². The molecule has 1 atom stereocenters. The molecular weight excluding hydrogens is 168 g/mol. The van der Waals surface area contributed by atoms with Crippen molar-refractivity contribution in [3.63, 3.8) is 0 Å². The summed E-state index contributed by atoms with van der Waals surface area (Å²) >= 11 is 0. The number of aliphatic carboxylic acids is 1. The molecule has 6 heteroatoms. The molecule has 0 aromatic rings. The summed E-state index contributed by atoms with van der Waals surface area (Å²) in [5.74, 6) is -1.40. The Morgan fingerprint density at radius 3 is 2.36 bits per heavy atom. The van der Waals surface area contributed by atoms with E-state index in [0.29, 0.717) is 12.8 Å². The molecule has 1 N–H and O–H groups in total. The molecule has 4 nitrogen and oxygen atoms in total. The second-order valence-electron chi connectivity index (χ2n) is 1.98. The van der Waals surface area contributed by atoms with Crippen LogP contribution in [0.25, 0.3) is 0 Å². The summed E-state index contributed by atoms with van der Waals surface area (Å²) in [6, 6.07) is -0.752. The molecule has 0 aliphatic carbocycles. The number of carboxylic acid groups (broad SMARTS) is 1. The van der Waals surface area contributed by atoms with Crippen LogP contribution in [0.3, 0.4) is 0 Å². The van der Waals surface area contributed by atoms with Crippen LogP contribution < -0.4 is 40.0 Å². The quantitative estimate of drug-likeness (QED) is 0.403. The van der Waals surface area contributed by atoms with E-state index in [9.17, 15) is 14.7 Å². The summed E-state index contributed by atoms with van der Waals surface area (Å²) in [7, 11) is 0. The Balaban J connectivity index is 0. The van der Waals surface area contributed by atoms with E-state index in [0.717, 1.165) is 0 Å². The van der Waals surface area contributed by atoms with Gasteiger partial charge in [0.25, 0.3) is 0 Å². The van der Waals surface area contributed by atoms with Crippen molar-refractivity contribution in [3.8, 4) is 0 Å². The minimum atomic E-state index is -1.19. The fourth-order valence-electron chi connectivity index (χ4n) is 0.791. The van der Waals surface area contributed by atoms with Gasteiger partial charge in [-0.15, -0.1) is 0 Å². The summed E-state index contributed by atoms with van der Waals surface area (Å²) in [4.78, 5) is 20.4. The van der Waals surface area contributed by atoms with E-state index in [1.165, 1.54) is 0 Å². The summed E-state index contributed by atoms with van der Waals surface area (Å²) in [5, 5.41) is 12.3. The molecule has 1 fully saturated rings. The topological polar surface area (TPSA) is 69.2 Å². The van der Waals surface area contributed by atoms with E-state index in [1.54, 1.807) is 0 Å². The first-order valence-electron chi connectivity index (χ1n) is 2.70. The second kappa shape index (κ2) is 6.46. The predicted octanol–water partition coefficient (Wildman–Crippen LogP) is -5.36. The van der Waals surface area contributed by atoms with Crippen molar-refractivity contribution < 1.29 is 44.3 Å². The molecule has 1 unspecified atom stereocenters. The van der Waals surface area contributed by atoms with Crippen LogP contribution in [-0.4, -0.2) is 47.5 Å². The van der Waals surface area contributed by atoms with Gasteiger partial charge in [-0.25, -0.2) is 0 Å². The number of carboxylic acids is 1. The summed E-state index contributed by atoms with van der Waals surface area (Å²) in [6.45, 7) is 0. The first-order valence-corrected chi connectivity index (χ1v) is 2.70. The van der Waals surface area contributed by atoms with E-state index in [-0.39, 0.29) is 65.0 Å². The van der Waals surface area contributed by atoms with Gasteiger partial charge in [0.2, 0.25) is 5.91 Å². The van der Waals surface area contributed by atoms with Gasteiger partial charge in [-0.2, -0.15) is 0 Å². The van der Waals surface area contributed by atoms with E-state index in [2.05, 4.69) is 5.32 Å². The zero-order valence-corrected chi connectivity index (χ0v) is 10.7. The van der Waals surface area contributed by atoms with Gasteiger partial charge in [-0.1, -0.05) is 0 Å². The molecule has 1 aliphatic heterocycles. The third kappa shape index (κ3) is 4.50. The Labute approximate surface area is 109 Å². The maximum absolute atomic E-state index is 10.4. The molecule has 1 heterocycles.